The molecule has 0 fully saturated rings. The second kappa shape index (κ2) is 7.27. The summed E-state index contributed by atoms with van der Waals surface area (Å²) >= 11 is 5.86. The second-order valence-electron chi connectivity index (χ2n) is 5.37. The Morgan fingerprint density at radius 3 is 2.88 bits per heavy atom. The van der Waals surface area contributed by atoms with Crippen molar-refractivity contribution in [2.75, 3.05) is 5.32 Å². The van der Waals surface area contributed by atoms with E-state index in [0.29, 0.717) is 17.3 Å². The molecule has 0 aliphatic rings. The highest BCUT2D eigenvalue weighted by Crippen LogP contribution is 2.11. The third-order valence-electron chi connectivity index (χ3n) is 3.40. The molecule has 0 aliphatic carbocycles. The zero-order valence-corrected chi connectivity index (χ0v) is 13.9. The van der Waals surface area contributed by atoms with E-state index >= 15 is 0 Å². The van der Waals surface area contributed by atoms with Crippen LogP contribution in [-0.4, -0.2) is 30.9 Å². The average molecular weight is 345 g/mol. The lowest BCUT2D eigenvalue weighted by Gasteiger charge is -2.01. The number of nitrogens with zero attached hydrogens (tertiary/aromatic N) is 4. The molecule has 0 unspecified atom stereocenters. The maximum Gasteiger partial charge on any atom is 0.278 e. The van der Waals surface area contributed by atoms with E-state index in [9.17, 15) is 4.79 Å². The summed E-state index contributed by atoms with van der Waals surface area (Å²) in [5, 5.41) is 14.4. The predicted octanol–water partition coefficient (Wildman–Crippen LogP) is 2.91. The van der Waals surface area contributed by atoms with Crippen molar-refractivity contribution in [2.24, 2.45) is 0 Å². The third kappa shape index (κ3) is 3.99. The summed E-state index contributed by atoms with van der Waals surface area (Å²) in [7, 11) is 0. The zero-order chi connectivity index (χ0) is 16.9. The zero-order valence-electron chi connectivity index (χ0n) is 13.2. The van der Waals surface area contributed by atoms with E-state index in [1.165, 1.54) is 0 Å². The van der Waals surface area contributed by atoms with Crippen molar-refractivity contribution < 1.29 is 4.79 Å². The first kappa shape index (κ1) is 16.2. The Kier molecular flexibility index (Phi) is 4.90. The van der Waals surface area contributed by atoms with Crippen LogP contribution in [0.2, 0.25) is 5.02 Å². The first-order valence-corrected chi connectivity index (χ1v) is 8.01. The number of halogens is 1. The largest absolute Gasteiger partial charge is 0.288 e. The highest BCUT2D eigenvalue weighted by molar-refractivity contribution is 6.30. The number of aryl methyl sites for hydroxylation is 1. The van der Waals surface area contributed by atoms with Gasteiger partial charge in [-0.1, -0.05) is 37.1 Å². The molecule has 0 saturated heterocycles. The Balaban J connectivity index is 1.62. The van der Waals surface area contributed by atoms with Crippen LogP contribution in [0.4, 0.5) is 5.95 Å². The fourth-order valence-electron chi connectivity index (χ4n) is 2.25. The van der Waals surface area contributed by atoms with E-state index in [2.05, 4.69) is 32.5 Å². The molecule has 2 heterocycles. The van der Waals surface area contributed by atoms with Crippen LogP contribution in [0, 0.1) is 0 Å². The molecule has 124 valence electrons. The van der Waals surface area contributed by atoms with Crippen LogP contribution in [-0.2, 0) is 13.0 Å². The van der Waals surface area contributed by atoms with Gasteiger partial charge in [0.2, 0.25) is 5.95 Å². The summed E-state index contributed by atoms with van der Waals surface area (Å²) in [5.41, 5.74) is 2.30. The first-order valence-electron chi connectivity index (χ1n) is 7.63. The van der Waals surface area contributed by atoms with Crippen LogP contribution in [0.25, 0.3) is 0 Å². The molecule has 0 atom stereocenters. The fraction of sp³-hybridized carbons (Fsp3) is 0.250. The quantitative estimate of drug-likeness (QED) is 0.719. The van der Waals surface area contributed by atoms with Crippen molar-refractivity contribution in [1.82, 2.24) is 25.0 Å². The highest BCUT2D eigenvalue weighted by atomic mass is 35.5. The SMILES string of the molecule is CCCc1cc(C(=O)Nc2ncn(Cc3ccc(Cl)cc3)n2)n[nH]1. The summed E-state index contributed by atoms with van der Waals surface area (Å²) < 4.78 is 1.64. The predicted molar refractivity (Wildman–Crippen MR) is 91.1 cm³/mol. The van der Waals surface area contributed by atoms with Gasteiger partial charge in [-0.2, -0.15) is 5.10 Å². The third-order valence-corrected chi connectivity index (χ3v) is 3.65. The smallest absolute Gasteiger partial charge is 0.278 e. The number of amides is 1. The van der Waals surface area contributed by atoms with Crippen LogP contribution in [0.1, 0.15) is 35.1 Å². The van der Waals surface area contributed by atoms with Gasteiger partial charge in [0.05, 0.1) is 6.54 Å². The minimum atomic E-state index is -0.335. The minimum Gasteiger partial charge on any atom is -0.288 e. The van der Waals surface area contributed by atoms with Crippen molar-refractivity contribution in [3.63, 3.8) is 0 Å². The van der Waals surface area contributed by atoms with E-state index in [4.69, 9.17) is 11.6 Å². The van der Waals surface area contributed by atoms with Gasteiger partial charge in [-0.3, -0.25) is 15.2 Å². The molecule has 7 nitrogen and oxygen atoms in total. The molecule has 0 bridgehead atoms. The number of carbonyl (C=O) groups is 1. The van der Waals surface area contributed by atoms with Crippen LogP contribution < -0.4 is 5.32 Å². The molecular formula is C16H17ClN6O. The molecular weight excluding hydrogens is 328 g/mol. The number of aromatic amines is 1. The molecule has 0 saturated carbocycles. The summed E-state index contributed by atoms with van der Waals surface area (Å²) in [4.78, 5) is 16.2. The standard InChI is InChI=1S/C16H17ClN6O/c1-2-3-13-8-14(21-20-13)15(24)19-16-18-10-23(22-16)9-11-4-6-12(17)7-5-11/h4-8,10H,2-3,9H2,1H3,(H,20,21)(H,19,22,24). The maximum atomic E-state index is 12.1. The van der Waals surface area contributed by atoms with Gasteiger partial charge < -0.3 is 0 Å². The highest BCUT2D eigenvalue weighted by Gasteiger charge is 2.12. The number of aromatic nitrogens is 5. The molecule has 3 aromatic rings. The Morgan fingerprint density at radius 1 is 1.33 bits per heavy atom. The van der Waals surface area contributed by atoms with Gasteiger partial charge in [-0.15, -0.1) is 5.10 Å². The minimum absolute atomic E-state index is 0.244. The van der Waals surface area contributed by atoms with E-state index < -0.39 is 0 Å². The lowest BCUT2D eigenvalue weighted by atomic mass is 10.2. The van der Waals surface area contributed by atoms with Crippen LogP contribution in [0.15, 0.2) is 36.7 Å². The van der Waals surface area contributed by atoms with Crippen molar-refractivity contribution in [3.8, 4) is 0 Å². The van der Waals surface area contributed by atoms with Crippen LogP contribution in [0.3, 0.4) is 0 Å². The number of anilines is 1. The second-order valence-corrected chi connectivity index (χ2v) is 5.81. The van der Waals surface area contributed by atoms with Gasteiger partial charge in [0.1, 0.15) is 6.33 Å². The molecule has 2 aromatic heterocycles. The molecule has 0 radical (unpaired) electrons. The molecule has 8 heteroatoms. The van der Waals surface area contributed by atoms with Crippen molar-refractivity contribution >= 4 is 23.5 Å². The topological polar surface area (TPSA) is 88.5 Å². The van der Waals surface area contributed by atoms with E-state index in [0.717, 1.165) is 24.1 Å². The number of hydrogen-bond acceptors (Lipinski definition) is 4. The van der Waals surface area contributed by atoms with Gasteiger partial charge in [-0.05, 0) is 30.2 Å². The average Bonchev–Trinajstić information content (AvgIpc) is 3.20. The van der Waals surface area contributed by atoms with E-state index in [1.807, 2.05) is 24.3 Å². The fourth-order valence-corrected chi connectivity index (χ4v) is 2.37. The van der Waals surface area contributed by atoms with Crippen molar-refractivity contribution in [1.29, 1.82) is 0 Å². The molecule has 0 aliphatic heterocycles. The van der Waals surface area contributed by atoms with Gasteiger partial charge in [0.15, 0.2) is 5.69 Å². The summed E-state index contributed by atoms with van der Waals surface area (Å²) in [6, 6.07) is 9.22. The van der Waals surface area contributed by atoms with Crippen LogP contribution >= 0.6 is 11.6 Å². The monoisotopic (exact) mass is 344 g/mol. The Morgan fingerprint density at radius 2 is 2.12 bits per heavy atom. The lowest BCUT2D eigenvalue weighted by Crippen LogP contribution is -2.14. The number of benzene rings is 1. The summed E-state index contributed by atoms with van der Waals surface area (Å²) in [6.07, 6.45) is 3.41. The van der Waals surface area contributed by atoms with Gasteiger partial charge in [-0.25, -0.2) is 9.67 Å². The number of H-pyrrole nitrogens is 1. The lowest BCUT2D eigenvalue weighted by molar-refractivity contribution is 0.102. The molecule has 24 heavy (non-hydrogen) atoms. The Bertz CT molecular complexity index is 823. The molecule has 1 aromatic carbocycles. The van der Waals surface area contributed by atoms with Crippen LogP contribution in [0.5, 0.6) is 0 Å². The van der Waals surface area contributed by atoms with E-state index in [1.54, 1.807) is 17.1 Å². The number of nitrogens with one attached hydrogen (secondary N) is 2. The van der Waals surface area contributed by atoms with Crippen molar-refractivity contribution in [2.45, 2.75) is 26.3 Å². The summed E-state index contributed by atoms with van der Waals surface area (Å²) in [6.45, 7) is 2.61. The first-order chi connectivity index (χ1) is 11.6. The number of hydrogen-bond donors (Lipinski definition) is 2. The normalized spacial score (nSPS) is 10.8. The molecule has 3 rings (SSSR count). The number of carbonyl (C=O) groups excluding carboxylic acids is 1. The van der Waals surface area contributed by atoms with Gasteiger partial charge in [0.25, 0.3) is 5.91 Å². The Labute approximate surface area is 144 Å². The van der Waals surface area contributed by atoms with Gasteiger partial charge >= 0.3 is 0 Å². The van der Waals surface area contributed by atoms with Gasteiger partial charge in [0, 0.05) is 10.7 Å². The maximum absolute atomic E-state index is 12.1. The Hall–Kier alpha value is -2.67. The van der Waals surface area contributed by atoms with E-state index in [-0.39, 0.29) is 11.9 Å². The number of rotatable bonds is 6. The molecule has 0 spiro atoms. The molecule has 2 N–H and O–H groups in total. The molecule has 1 amide bonds. The summed E-state index contributed by atoms with van der Waals surface area (Å²) in [5.74, 6) is -0.0909. The van der Waals surface area contributed by atoms with Crippen molar-refractivity contribution in [3.05, 3.63) is 58.6 Å².